The smallest absolute Gasteiger partial charge is 0.470 e. The fourth-order valence-corrected chi connectivity index (χ4v) is 8.06. The van der Waals surface area contributed by atoms with Crippen LogP contribution in [-0.2, 0) is 34.3 Å². The van der Waals surface area contributed by atoms with Crippen molar-refractivity contribution in [3.05, 3.63) is 48.8 Å². The number of carbonyl (C=O) groups excluding carboxylic acids is 1. The third kappa shape index (κ3) is 11.0. The number of aryl methyl sites for hydroxylation is 1. The summed E-state index contributed by atoms with van der Waals surface area (Å²) in [6.45, 7) is 0.670. The lowest BCUT2D eigenvalue weighted by Gasteiger charge is -2.23. The Balaban J connectivity index is 1.01. The zero-order valence-corrected chi connectivity index (χ0v) is 35.5. The number of anilines is 4. The second kappa shape index (κ2) is 19.0. The van der Waals surface area contributed by atoms with Crippen molar-refractivity contribution in [3.63, 3.8) is 0 Å². The maximum atomic E-state index is 12.9. The molecule has 0 saturated carbocycles. The van der Waals surface area contributed by atoms with Crippen LogP contribution >= 0.6 is 15.6 Å². The van der Waals surface area contributed by atoms with Crippen molar-refractivity contribution >= 4 is 77.7 Å². The van der Waals surface area contributed by atoms with Crippen molar-refractivity contribution in [1.82, 2.24) is 24.8 Å². The molecule has 1 fully saturated rings. The molecule has 5 aromatic rings. The maximum Gasteiger partial charge on any atom is 0.470 e. The van der Waals surface area contributed by atoms with E-state index in [4.69, 9.17) is 19.9 Å². The van der Waals surface area contributed by atoms with E-state index < -0.39 is 46.8 Å². The zero-order chi connectivity index (χ0) is 43.4. The lowest BCUT2D eigenvalue weighted by Crippen LogP contribution is -2.37. The number of nitrogens with one attached hydrogen (secondary N) is 2. The van der Waals surface area contributed by atoms with Gasteiger partial charge in [0, 0.05) is 88.4 Å². The number of phosphoric ester groups is 2. The van der Waals surface area contributed by atoms with Gasteiger partial charge in [-0.2, -0.15) is 4.57 Å². The fraction of sp³-hybridized carbons (Fsp3) is 0.486. The van der Waals surface area contributed by atoms with Gasteiger partial charge in [-0.05, 0) is 43.2 Å². The molecule has 60 heavy (non-hydrogen) atoms. The average molecular weight is 875 g/mol. The SMILES string of the molecule is CN(C)c1ccc2cc3ccc(N(C)C)cc3[n+](CCCC(=O)NCCCCCCNc3nc4c(N)ncnc4n3[C@@H]3O[C@H](COP(=O)([O-])O)[C@@H](O)[C@H]3OP(=O)(O)O)c2c1. The van der Waals surface area contributed by atoms with E-state index >= 15 is 0 Å². The Bertz CT molecular complexity index is 2340. The third-order valence-electron chi connectivity index (χ3n) is 10.2. The summed E-state index contributed by atoms with van der Waals surface area (Å²) in [6, 6.07) is 15.1. The van der Waals surface area contributed by atoms with Gasteiger partial charge in [-0.3, -0.25) is 18.5 Å². The van der Waals surface area contributed by atoms with Crippen LogP contribution in [-0.4, -0.2) is 111 Å². The Kier molecular flexibility index (Phi) is 14.3. The number of ether oxygens (including phenoxy) is 1. The predicted molar refractivity (Wildman–Crippen MR) is 222 cm³/mol. The van der Waals surface area contributed by atoms with Crippen LogP contribution in [0.15, 0.2) is 48.8 Å². The number of hydrogen-bond acceptors (Lipinski definition) is 15. The molecule has 326 valence electrons. The van der Waals surface area contributed by atoms with E-state index in [0.717, 1.165) is 58.8 Å². The van der Waals surface area contributed by atoms with E-state index in [1.807, 2.05) is 28.2 Å². The number of nitrogens with zero attached hydrogens (tertiary/aromatic N) is 7. The van der Waals surface area contributed by atoms with Gasteiger partial charge in [0.05, 0.1) is 6.61 Å². The van der Waals surface area contributed by atoms with Crippen LogP contribution in [0.1, 0.15) is 44.8 Å². The maximum absolute atomic E-state index is 12.9. The van der Waals surface area contributed by atoms with Crippen molar-refractivity contribution < 1.29 is 57.0 Å². The Morgan fingerprint density at radius 3 is 2.18 bits per heavy atom. The molecule has 1 aliphatic rings. The Morgan fingerprint density at radius 1 is 0.950 bits per heavy atom. The van der Waals surface area contributed by atoms with Crippen LogP contribution in [0.25, 0.3) is 33.0 Å². The molecule has 0 radical (unpaired) electrons. The Morgan fingerprint density at radius 2 is 1.58 bits per heavy atom. The van der Waals surface area contributed by atoms with Gasteiger partial charge in [0.1, 0.15) is 31.2 Å². The molecule has 6 rings (SSSR count). The minimum atomic E-state index is -5.24. The van der Waals surface area contributed by atoms with E-state index in [0.29, 0.717) is 38.9 Å². The Hall–Kier alpha value is -4.53. The van der Waals surface area contributed by atoms with Gasteiger partial charge in [0.2, 0.25) is 22.9 Å². The number of amides is 1. The van der Waals surface area contributed by atoms with Crippen LogP contribution in [0.4, 0.5) is 23.1 Å². The molecule has 3 aromatic heterocycles. The molecule has 4 heterocycles. The zero-order valence-electron chi connectivity index (χ0n) is 33.7. The first-order valence-corrected chi connectivity index (χ1v) is 22.4. The van der Waals surface area contributed by atoms with Gasteiger partial charge in [-0.1, -0.05) is 12.8 Å². The highest BCUT2D eigenvalue weighted by molar-refractivity contribution is 7.46. The van der Waals surface area contributed by atoms with Crippen LogP contribution < -0.4 is 35.6 Å². The summed E-state index contributed by atoms with van der Waals surface area (Å²) < 4.78 is 41.7. The number of benzene rings is 2. The topological polar surface area (TPSA) is 287 Å². The number of imidazole rings is 1. The molecule has 0 spiro atoms. The highest BCUT2D eigenvalue weighted by atomic mass is 31.2. The number of aliphatic hydroxyl groups is 1. The van der Waals surface area contributed by atoms with Crippen LogP contribution in [0.3, 0.4) is 0 Å². The lowest BCUT2D eigenvalue weighted by atomic mass is 10.1. The normalized spacial score (nSPS) is 19.2. The number of nitrogens with two attached hydrogens (primary N) is 1. The molecule has 1 amide bonds. The number of hydrogen-bond donors (Lipinski definition) is 7. The third-order valence-corrected chi connectivity index (χ3v) is 11.2. The van der Waals surface area contributed by atoms with Crippen molar-refractivity contribution in [2.75, 3.05) is 68.7 Å². The first-order valence-electron chi connectivity index (χ1n) is 19.4. The summed E-state index contributed by atoms with van der Waals surface area (Å²) in [5.41, 5.74) is 10.6. The van der Waals surface area contributed by atoms with Crippen molar-refractivity contribution in [3.8, 4) is 0 Å². The number of fused-ring (bicyclic) bond motifs is 3. The Labute approximate surface area is 346 Å². The predicted octanol–water partition coefficient (Wildman–Crippen LogP) is 1.92. The first-order chi connectivity index (χ1) is 28.4. The number of aromatic nitrogens is 5. The van der Waals surface area contributed by atoms with E-state index in [2.05, 4.69) is 86.9 Å². The number of phosphoric acid groups is 2. The molecule has 0 bridgehead atoms. The number of pyridine rings is 1. The molecule has 23 heteroatoms. The summed E-state index contributed by atoms with van der Waals surface area (Å²) >= 11 is 0. The average Bonchev–Trinajstić information content (AvgIpc) is 3.69. The highest BCUT2D eigenvalue weighted by Gasteiger charge is 2.50. The van der Waals surface area contributed by atoms with E-state index in [9.17, 15) is 33.7 Å². The summed E-state index contributed by atoms with van der Waals surface area (Å²) in [4.78, 5) is 69.2. The largest absolute Gasteiger partial charge is 0.756 e. The first kappa shape index (κ1) is 45.0. The highest BCUT2D eigenvalue weighted by Crippen LogP contribution is 2.47. The van der Waals surface area contributed by atoms with Gasteiger partial charge >= 0.3 is 7.82 Å². The molecule has 1 unspecified atom stereocenters. The minimum absolute atomic E-state index is 0.0136. The number of aliphatic hydroxyl groups excluding tert-OH is 1. The lowest BCUT2D eigenvalue weighted by molar-refractivity contribution is -0.645. The molecule has 0 aliphatic carbocycles. The molecule has 2 aromatic carbocycles. The number of unbranched alkanes of at least 4 members (excludes halogenated alkanes) is 3. The number of rotatable bonds is 20. The molecule has 8 N–H and O–H groups in total. The summed E-state index contributed by atoms with van der Waals surface area (Å²) in [5, 5.41) is 19.3. The molecule has 1 aliphatic heterocycles. The van der Waals surface area contributed by atoms with E-state index in [1.54, 1.807) is 0 Å². The van der Waals surface area contributed by atoms with Crippen molar-refractivity contribution in [1.29, 1.82) is 0 Å². The molecule has 1 saturated heterocycles. The van der Waals surface area contributed by atoms with Crippen LogP contribution in [0, 0.1) is 0 Å². The molecular formula is C37H52N10O11P2. The van der Waals surface area contributed by atoms with E-state index in [1.165, 1.54) is 4.57 Å². The van der Waals surface area contributed by atoms with E-state index in [-0.39, 0.29) is 28.8 Å². The van der Waals surface area contributed by atoms with Gasteiger partial charge in [-0.15, -0.1) is 0 Å². The van der Waals surface area contributed by atoms with Gasteiger partial charge in [0.25, 0.3) is 7.82 Å². The van der Waals surface area contributed by atoms with Gasteiger partial charge < -0.3 is 60.1 Å². The fourth-order valence-electron chi connectivity index (χ4n) is 7.18. The monoisotopic (exact) mass is 874 g/mol. The minimum Gasteiger partial charge on any atom is -0.756 e. The van der Waals surface area contributed by atoms with Crippen LogP contribution in [0.2, 0.25) is 0 Å². The van der Waals surface area contributed by atoms with Crippen molar-refractivity contribution in [2.24, 2.45) is 0 Å². The molecule has 5 atom stereocenters. The molecule has 21 nitrogen and oxygen atoms in total. The van der Waals surface area contributed by atoms with Gasteiger partial charge in [-0.25, -0.2) is 19.5 Å². The van der Waals surface area contributed by atoms with Crippen molar-refractivity contribution in [2.45, 2.75) is 69.6 Å². The number of nitrogen functional groups attached to an aromatic ring is 1. The van der Waals surface area contributed by atoms with Crippen LogP contribution in [0.5, 0.6) is 0 Å². The second-order valence-electron chi connectivity index (χ2n) is 15.0. The summed E-state index contributed by atoms with van der Waals surface area (Å²) in [6.07, 6.45) is -1.46. The summed E-state index contributed by atoms with van der Waals surface area (Å²) in [5.74, 6) is 0.0592. The molecular weight excluding hydrogens is 822 g/mol. The standard InChI is InChI=1S/C37H52N10O11P2/c1-44(2)25-13-11-23-18-24-12-14-26(45(3)4)20-28(24)46(27(23)19-25)17-9-10-30(48)39-15-7-5-6-8-16-40-37-43-31-34(38)41-22-42-35(31)47(37)36-33(58-60(53,54)55)32(49)29(57-36)21-56-59(50,51)52/h11-14,18-20,22,29,32-33,36,49H,5-10,15-17,21H2,1-4H3,(H7-,38,39,40,41,42,43,48,50,51,52,53,54,55)/t29-,32-,33-,36-/m1/s1. The number of carbonyl (C=O) groups is 1. The summed E-state index contributed by atoms with van der Waals surface area (Å²) in [7, 11) is -2.40. The second-order valence-corrected chi connectivity index (χ2v) is 17.4. The quantitative estimate of drug-likeness (QED) is 0.0254. The van der Waals surface area contributed by atoms with Gasteiger partial charge in [0.15, 0.2) is 23.2 Å².